The first-order valence-corrected chi connectivity index (χ1v) is 9.40. The standard InChI is InChI=1S/C11H26O4Si.C4H8/c1-5-6-7-9-15-10-8-11-16(12-2,13-3)14-4;1-3-4-2/h5-11H2,1-4H3;3-4H,1-2H3. The number of rotatable bonds is 11. The summed E-state index contributed by atoms with van der Waals surface area (Å²) in [5.41, 5.74) is 0. The molecule has 0 aliphatic carbocycles. The molecular formula is C15H34O4Si. The molecule has 0 aliphatic rings. The van der Waals surface area contributed by atoms with Crippen LogP contribution in [0.3, 0.4) is 0 Å². The molecule has 0 rings (SSSR count). The normalized spacial score (nSPS) is 11.5. The van der Waals surface area contributed by atoms with Crippen LogP contribution in [0.1, 0.15) is 46.5 Å². The van der Waals surface area contributed by atoms with Crippen molar-refractivity contribution in [3.05, 3.63) is 12.2 Å². The number of ether oxygens (including phenoxy) is 1. The summed E-state index contributed by atoms with van der Waals surface area (Å²) < 4.78 is 21.5. The summed E-state index contributed by atoms with van der Waals surface area (Å²) in [5, 5.41) is 0. The third-order valence-corrected chi connectivity index (χ3v) is 5.76. The van der Waals surface area contributed by atoms with E-state index >= 15 is 0 Å². The number of hydrogen-bond donors (Lipinski definition) is 0. The van der Waals surface area contributed by atoms with E-state index in [1.165, 1.54) is 12.8 Å². The molecule has 0 unspecified atom stereocenters. The van der Waals surface area contributed by atoms with Crippen LogP contribution >= 0.6 is 0 Å². The molecular weight excluding hydrogens is 272 g/mol. The maximum absolute atomic E-state index is 5.52. The van der Waals surface area contributed by atoms with Gasteiger partial charge in [0.1, 0.15) is 0 Å². The Morgan fingerprint density at radius 1 is 0.800 bits per heavy atom. The summed E-state index contributed by atoms with van der Waals surface area (Å²) >= 11 is 0. The Labute approximate surface area is 126 Å². The van der Waals surface area contributed by atoms with Crippen molar-refractivity contribution >= 4 is 8.80 Å². The van der Waals surface area contributed by atoms with Gasteiger partial charge >= 0.3 is 8.80 Å². The zero-order valence-electron chi connectivity index (χ0n) is 14.2. The molecule has 5 heteroatoms. The Balaban J connectivity index is 0. The van der Waals surface area contributed by atoms with Crippen LogP contribution in [0.2, 0.25) is 6.04 Å². The summed E-state index contributed by atoms with van der Waals surface area (Å²) in [7, 11) is 2.55. The molecule has 0 heterocycles. The summed E-state index contributed by atoms with van der Waals surface area (Å²) in [6.45, 7) is 7.81. The largest absolute Gasteiger partial charge is 0.500 e. The van der Waals surface area contributed by atoms with E-state index in [1.54, 1.807) is 21.3 Å². The summed E-state index contributed by atoms with van der Waals surface area (Å²) in [5.74, 6) is 0. The predicted molar refractivity (Wildman–Crippen MR) is 87.0 cm³/mol. The van der Waals surface area contributed by atoms with Gasteiger partial charge in [-0.05, 0) is 26.7 Å². The maximum Gasteiger partial charge on any atom is 0.500 e. The molecule has 20 heavy (non-hydrogen) atoms. The van der Waals surface area contributed by atoms with E-state index < -0.39 is 8.80 Å². The third-order valence-electron chi connectivity index (χ3n) is 2.93. The predicted octanol–water partition coefficient (Wildman–Crippen LogP) is 4.04. The molecule has 0 aromatic heterocycles. The molecule has 0 atom stereocenters. The first kappa shape index (κ1) is 22.1. The molecule has 0 amide bonds. The van der Waals surface area contributed by atoms with E-state index in [9.17, 15) is 0 Å². The van der Waals surface area contributed by atoms with Gasteiger partial charge in [0.05, 0.1) is 0 Å². The second kappa shape index (κ2) is 16.9. The van der Waals surface area contributed by atoms with E-state index in [4.69, 9.17) is 18.0 Å². The third kappa shape index (κ3) is 12.8. The van der Waals surface area contributed by atoms with E-state index in [0.29, 0.717) is 0 Å². The van der Waals surface area contributed by atoms with Gasteiger partial charge in [0, 0.05) is 40.6 Å². The summed E-state index contributed by atoms with van der Waals surface area (Å²) in [4.78, 5) is 0. The first-order chi connectivity index (χ1) is 9.66. The maximum atomic E-state index is 5.52. The lowest BCUT2D eigenvalue weighted by atomic mass is 10.3. The van der Waals surface area contributed by atoms with Gasteiger partial charge < -0.3 is 18.0 Å². The summed E-state index contributed by atoms with van der Waals surface area (Å²) in [6.07, 6.45) is 8.55. The van der Waals surface area contributed by atoms with Crippen molar-refractivity contribution in [1.29, 1.82) is 0 Å². The van der Waals surface area contributed by atoms with Gasteiger partial charge in [-0.25, -0.2) is 0 Å². The molecule has 122 valence electrons. The van der Waals surface area contributed by atoms with Crippen LogP contribution in [0.15, 0.2) is 12.2 Å². The summed E-state index contributed by atoms with van der Waals surface area (Å²) in [6, 6.07) is 0.810. The van der Waals surface area contributed by atoms with Gasteiger partial charge in [0.15, 0.2) is 0 Å². The van der Waals surface area contributed by atoms with Gasteiger partial charge in [-0.1, -0.05) is 31.9 Å². The molecule has 0 saturated heterocycles. The Morgan fingerprint density at radius 2 is 1.30 bits per heavy atom. The van der Waals surface area contributed by atoms with Crippen LogP contribution in [0.5, 0.6) is 0 Å². The van der Waals surface area contributed by atoms with Crippen molar-refractivity contribution in [3.63, 3.8) is 0 Å². The highest BCUT2D eigenvalue weighted by Crippen LogP contribution is 2.14. The Hall–Kier alpha value is -0.203. The van der Waals surface area contributed by atoms with E-state index in [2.05, 4.69) is 6.92 Å². The highest BCUT2D eigenvalue weighted by Gasteiger charge is 2.36. The quantitative estimate of drug-likeness (QED) is 0.328. The lowest BCUT2D eigenvalue weighted by Gasteiger charge is -2.24. The second-order valence-corrected chi connectivity index (χ2v) is 7.48. The van der Waals surface area contributed by atoms with Crippen LogP contribution in [-0.2, 0) is 18.0 Å². The van der Waals surface area contributed by atoms with Crippen molar-refractivity contribution in [2.24, 2.45) is 0 Å². The van der Waals surface area contributed by atoms with Crippen molar-refractivity contribution in [2.45, 2.75) is 52.5 Å². The van der Waals surface area contributed by atoms with Crippen LogP contribution in [-0.4, -0.2) is 43.3 Å². The van der Waals surface area contributed by atoms with Gasteiger partial charge in [-0.2, -0.15) is 0 Å². The molecule has 0 saturated carbocycles. The molecule has 0 spiro atoms. The highest BCUT2D eigenvalue weighted by molar-refractivity contribution is 6.60. The van der Waals surface area contributed by atoms with Crippen LogP contribution in [0.25, 0.3) is 0 Å². The number of allylic oxidation sites excluding steroid dienone is 2. The van der Waals surface area contributed by atoms with Crippen molar-refractivity contribution in [1.82, 2.24) is 0 Å². The van der Waals surface area contributed by atoms with E-state index in [0.717, 1.165) is 32.1 Å². The average molecular weight is 307 g/mol. The second-order valence-electron chi connectivity index (χ2n) is 4.39. The minimum absolute atomic E-state index is 0.758. The van der Waals surface area contributed by atoms with E-state index in [1.807, 2.05) is 26.0 Å². The molecule has 0 aromatic rings. The first-order valence-electron chi connectivity index (χ1n) is 7.46. The van der Waals surface area contributed by atoms with Crippen LogP contribution in [0.4, 0.5) is 0 Å². The molecule has 0 N–H and O–H groups in total. The molecule has 0 fully saturated rings. The molecule has 0 bridgehead atoms. The smallest absolute Gasteiger partial charge is 0.381 e. The molecule has 0 radical (unpaired) electrons. The average Bonchev–Trinajstić information content (AvgIpc) is 2.51. The van der Waals surface area contributed by atoms with Gasteiger partial charge in [0.25, 0.3) is 0 Å². The highest BCUT2D eigenvalue weighted by atomic mass is 28.4. The Kier molecular flexibility index (Phi) is 18.6. The number of unbranched alkanes of at least 4 members (excludes halogenated alkanes) is 2. The molecule has 4 nitrogen and oxygen atoms in total. The Bertz CT molecular complexity index is 194. The topological polar surface area (TPSA) is 36.9 Å². The van der Waals surface area contributed by atoms with Crippen molar-refractivity contribution < 1.29 is 18.0 Å². The fraction of sp³-hybridized carbons (Fsp3) is 0.867. The van der Waals surface area contributed by atoms with Crippen molar-refractivity contribution in [2.75, 3.05) is 34.5 Å². The Morgan fingerprint density at radius 3 is 1.70 bits per heavy atom. The minimum atomic E-state index is -2.37. The lowest BCUT2D eigenvalue weighted by Crippen LogP contribution is -2.42. The van der Waals surface area contributed by atoms with Crippen molar-refractivity contribution in [3.8, 4) is 0 Å². The van der Waals surface area contributed by atoms with E-state index in [-0.39, 0.29) is 0 Å². The molecule has 0 aromatic carbocycles. The zero-order valence-corrected chi connectivity index (χ0v) is 15.2. The van der Waals surface area contributed by atoms with Gasteiger partial charge in [0.2, 0.25) is 0 Å². The zero-order chi connectivity index (χ0) is 15.7. The van der Waals surface area contributed by atoms with Crippen LogP contribution in [0, 0.1) is 0 Å². The number of hydrogen-bond acceptors (Lipinski definition) is 4. The SMILES string of the molecule is CC=CC.CCCCCOCCC[Si](OC)(OC)OC. The fourth-order valence-corrected chi connectivity index (χ4v) is 3.19. The van der Waals surface area contributed by atoms with Gasteiger partial charge in [-0.15, -0.1) is 0 Å². The van der Waals surface area contributed by atoms with Crippen LogP contribution < -0.4 is 0 Å². The fourth-order valence-electron chi connectivity index (χ4n) is 1.50. The lowest BCUT2D eigenvalue weighted by molar-refractivity contribution is 0.106. The molecule has 0 aliphatic heterocycles. The monoisotopic (exact) mass is 306 g/mol. The minimum Gasteiger partial charge on any atom is -0.381 e. The van der Waals surface area contributed by atoms with Gasteiger partial charge in [-0.3, -0.25) is 0 Å².